The number of halogens is 1. The van der Waals surface area contributed by atoms with Gasteiger partial charge in [0.2, 0.25) is 0 Å². The first-order chi connectivity index (χ1) is 11.3. The van der Waals surface area contributed by atoms with Gasteiger partial charge in [-0.3, -0.25) is 4.84 Å². The van der Waals surface area contributed by atoms with E-state index in [4.69, 9.17) is 21.2 Å². The molecule has 0 bridgehead atoms. The number of carbonyl (C=O) groups is 1. The van der Waals surface area contributed by atoms with Crippen molar-refractivity contribution >= 4 is 23.3 Å². The molecule has 5 nitrogen and oxygen atoms in total. The van der Waals surface area contributed by atoms with Crippen LogP contribution in [0.5, 0.6) is 5.75 Å². The third-order valence-electron chi connectivity index (χ3n) is 2.92. The fraction of sp³-hybridized carbons (Fsp3) is 0.235. The molecule has 2 rings (SSSR count). The fourth-order valence-electron chi connectivity index (χ4n) is 1.73. The number of hydrogen-bond donors (Lipinski definition) is 0. The van der Waals surface area contributed by atoms with Crippen LogP contribution in [0.1, 0.15) is 23.2 Å². The minimum atomic E-state index is -0.548. The van der Waals surface area contributed by atoms with Crippen molar-refractivity contribution in [2.45, 2.75) is 12.8 Å². The molecule has 0 atom stereocenters. The van der Waals surface area contributed by atoms with Crippen LogP contribution in [0, 0.1) is 0 Å². The Bertz CT molecular complexity index is 630. The predicted molar refractivity (Wildman–Crippen MR) is 88.3 cm³/mol. The lowest BCUT2D eigenvalue weighted by Gasteiger charge is -2.04. The Morgan fingerprint density at radius 2 is 1.74 bits per heavy atom. The van der Waals surface area contributed by atoms with E-state index in [1.807, 2.05) is 6.07 Å². The number of carbonyl (C=O) groups excluding carboxylic acids is 1. The summed E-state index contributed by atoms with van der Waals surface area (Å²) in [5.74, 6) is 0.845. The quantitative estimate of drug-likeness (QED) is 0.298. The lowest BCUT2D eigenvalue weighted by Crippen LogP contribution is -1.99. The van der Waals surface area contributed by atoms with Gasteiger partial charge >= 0.3 is 5.97 Å². The zero-order valence-corrected chi connectivity index (χ0v) is 13.3. The van der Waals surface area contributed by atoms with Gasteiger partial charge in [-0.2, -0.15) is 0 Å². The second-order valence-corrected chi connectivity index (χ2v) is 5.04. The molecular weight excluding hydrogens is 316 g/mol. The Morgan fingerprint density at radius 3 is 2.43 bits per heavy atom. The van der Waals surface area contributed by atoms with Crippen LogP contribution in [0.3, 0.4) is 0 Å². The Morgan fingerprint density at radius 1 is 1.00 bits per heavy atom. The van der Waals surface area contributed by atoms with Gasteiger partial charge in [-0.15, -0.1) is 16.7 Å². The Balaban J connectivity index is 1.80. The van der Waals surface area contributed by atoms with Gasteiger partial charge in [-0.1, -0.05) is 18.2 Å². The van der Waals surface area contributed by atoms with Gasteiger partial charge in [-0.25, -0.2) is 4.79 Å². The summed E-state index contributed by atoms with van der Waals surface area (Å²) in [7, 11) is 0. The lowest BCUT2D eigenvalue weighted by atomic mass is 10.2. The van der Waals surface area contributed by atoms with Gasteiger partial charge in [0.05, 0.1) is 17.9 Å². The van der Waals surface area contributed by atoms with Crippen molar-refractivity contribution in [1.29, 1.82) is 0 Å². The van der Waals surface area contributed by atoms with Gasteiger partial charge in [0.1, 0.15) is 5.75 Å². The first kappa shape index (κ1) is 17.0. The Kier molecular flexibility index (Phi) is 7.07. The minimum absolute atomic E-state index is 0.423. The summed E-state index contributed by atoms with van der Waals surface area (Å²) in [6.45, 7) is 0.627. The van der Waals surface area contributed by atoms with Crippen LogP contribution in [0.25, 0.3) is 0 Å². The Labute approximate surface area is 139 Å². The van der Waals surface area contributed by atoms with E-state index in [0.29, 0.717) is 23.7 Å². The van der Waals surface area contributed by atoms with Crippen LogP contribution in [0.4, 0.5) is 5.69 Å². The van der Waals surface area contributed by atoms with E-state index < -0.39 is 5.97 Å². The summed E-state index contributed by atoms with van der Waals surface area (Å²) in [4.78, 5) is 16.4. The van der Waals surface area contributed by atoms with E-state index in [0.717, 1.165) is 18.6 Å². The number of benzene rings is 2. The molecule has 2 aromatic rings. The molecule has 2 aromatic carbocycles. The van der Waals surface area contributed by atoms with Crippen LogP contribution in [0.15, 0.2) is 65.0 Å². The summed E-state index contributed by atoms with van der Waals surface area (Å²) >= 11 is 5.60. The normalized spacial score (nSPS) is 10.7. The molecule has 23 heavy (non-hydrogen) atoms. The van der Waals surface area contributed by atoms with Crippen molar-refractivity contribution in [2.75, 3.05) is 12.5 Å². The van der Waals surface area contributed by atoms with E-state index >= 15 is 0 Å². The number of alkyl halides is 1. The van der Waals surface area contributed by atoms with Crippen LogP contribution < -0.4 is 4.74 Å². The highest BCUT2D eigenvalue weighted by Crippen LogP contribution is 2.19. The predicted octanol–water partition coefficient (Wildman–Crippen LogP) is 4.94. The van der Waals surface area contributed by atoms with Crippen LogP contribution >= 0.6 is 11.6 Å². The molecule has 0 aliphatic heterocycles. The molecule has 0 saturated carbocycles. The number of ether oxygens (including phenoxy) is 1. The second-order valence-electron chi connectivity index (χ2n) is 4.66. The molecule has 6 heteroatoms. The zero-order valence-electron chi connectivity index (χ0n) is 12.5. The zero-order chi connectivity index (χ0) is 16.3. The van der Waals surface area contributed by atoms with Crippen molar-refractivity contribution in [3.8, 4) is 5.75 Å². The van der Waals surface area contributed by atoms with E-state index in [9.17, 15) is 4.79 Å². The van der Waals surface area contributed by atoms with Gasteiger partial charge < -0.3 is 4.74 Å². The maximum atomic E-state index is 11.7. The molecule has 0 aliphatic carbocycles. The number of hydrogen-bond acceptors (Lipinski definition) is 5. The molecular formula is C17H17ClN2O3. The van der Waals surface area contributed by atoms with Crippen molar-refractivity contribution in [1.82, 2.24) is 0 Å². The van der Waals surface area contributed by atoms with E-state index in [1.54, 1.807) is 48.5 Å². The molecule has 0 saturated heterocycles. The molecule has 0 radical (unpaired) electrons. The average molecular weight is 333 g/mol. The molecule has 0 N–H and O–H groups in total. The van der Waals surface area contributed by atoms with E-state index in [2.05, 4.69) is 10.4 Å². The summed E-state index contributed by atoms with van der Waals surface area (Å²) in [6.07, 6.45) is 1.85. The van der Waals surface area contributed by atoms with Crippen LogP contribution in [-0.2, 0) is 4.84 Å². The second kappa shape index (κ2) is 9.58. The smallest absolute Gasteiger partial charge is 0.367 e. The molecule has 0 fully saturated rings. The molecule has 0 heterocycles. The molecule has 0 aliphatic rings. The van der Waals surface area contributed by atoms with E-state index in [-0.39, 0.29) is 0 Å². The summed E-state index contributed by atoms with van der Waals surface area (Å²) < 4.78 is 5.55. The van der Waals surface area contributed by atoms with Crippen LogP contribution in [0.2, 0.25) is 0 Å². The lowest BCUT2D eigenvalue weighted by molar-refractivity contribution is 0.0483. The van der Waals surface area contributed by atoms with Crippen LogP contribution in [-0.4, -0.2) is 18.5 Å². The molecule has 0 amide bonds. The number of rotatable bonds is 8. The van der Waals surface area contributed by atoms with Gasteiger partial charge in [0.15, 0.2) is 0 Å². The third kappa shape index (κ3) is 6.08. The van der Waals surface area contributed by atoms with Gasteiger partial charge in [0, 0.05) is 11.2 Å². The van der Waals surface area contributed by atoms with Crippen molar-refractivity contribution in [3.63, 3.8) is 0 Å². The van der Waals surface area contributed by atoms with Crippen molar-refractivity contribution in [3.05, 3.63) is 60.2 Å². The summed E-state index contributed by atoms with van der Waals surface area (Å²) in [6, 6.07) is 15.6. The number of unbranched alkanes of at least 4 members (excludes halogenated alkanes) is 1. The summed E-state index contributed by atoms with van der Waals surface area (Å²) in [5.41, 5.74) is 0.992. The highest BCUT2D eigenvalue weighted by atomic mass is 35.5. The molecule has 0 aromatic heterocycles. The third-order valence-corrected chi connectivity index (χ3v) is 3.19. The maximum Gasteiger partial charge on any atom is 0.367 e. The first-order valence-electron chi connectivity index (χ1n) is 7.26. The summed E-state index contributed by atoms with van der Waals surface area (Å²) in [5, 5.41) is 7.29. The maximum absolute atomic E-state index is 11.7. The molecule has 0 spiro atoms. The van der Waals surface area contributed by atoms with Crippen molar-refractivity contribution in [2.24, 2.45) is 10.4 Å². The van der Waals surface area contributed by atoms with Gasteiger partial charge in [0.25, 0.3) is 0 Å². The largest absolute Gasteiger partial charge is 0.494 e. The topological polar surface area (TPSA) is 60.2 Å². The van der Waals surface area contributed by atoms with Crippen molar-refractivity contribution < 1.29 is 14.4 Å². The van der Waals surface area contributed by atoms with Gasteiger partial charge in [-0.05, 0) is 49.2 Å². The Hall–Kier alpha value is -2.40. The first-order valence-corrected chi connectivity index (χ1v) is 7.79. The highest BCUT2D eigenvalue weighted by Gasteiger charge is 2.05. The number of nitrogens with zero attached hydrogens (tertiary/aromatic N) is 2. The molecule has 120 valence electrons. The standard InChI is InChI=1S/C17H17ClN2O3/c18-12-4-5-13-22-16-10-8-15(9-11-16)19-20-23-17(21)14-6-2-1-3-7-14/h1-3,6-11H,4-5,12-13H2. The minimum Gasteiger partial charge on any atom is -0.494 e. The highest BCUT2D eigenvalue weighted by molar-refractivity contribution is 6.17. The molecule has 0 unspecified atom stereocenters. The SMILES string of the molecule is O=C(ON=Nc1ccc(OCCCCCl)cc1)c1ccccc1. The monoisotopic (exact) mass is 332 g/mol. The average Bonchev–Trinajstić information content (AvgIpc) is 2.60. The van der Waals surface area contributed by atoms with E-state index in [1.165, 1.54) is 0 Å². The fourth-order valence-corrected chi connectivity index (χ4v) is 1.92.